The fraction of sp³-hybridized carbons (Fsp3) is 0.300. The molecule has 1 aromatic carbocycles. The van der Waals surface area contributed by atoms with Gasteiger partial charge in [-0.15, -0.1) is 0 Å². The van der Waals surface area contributed by atoms with Crippen LogP contribution in [-0.2, 0) is 14.6 Å². The predicted molar refractivity (Wildman–Crippen MR) is 61.3 cm³/mol. The van der Waals surface area contributed by atoms with Crippen molar-refractivity contribution < 1.29 is 13.2 Å². The molecule has 1 amide bonds. The van der Waals surface area contributed by atoms with Gasteiger partial charge in [0.2, 0.25) is 5.91 Å². The summed E-state index contributed by atoms with van der Waals surface area (Å²) in [5.41, 5.74) is 11.0. The van der Waals surface area contributed by atoms with Crippen LogP contribution >= 0.6 is 0 Å². The third-order valence-corrected chi connectivity index (χ3v) is 4.12. The zero-order valence-electron chi connectivity index (χ0n) is 8.88. The predicted octanol–water partition coefficient (Wildman–Crippen LogP) is 0.164. The van der Waals surface area contributed by atoms with Gasteiger partial charge in [0.15, 0.2) is 9.84 Å². The van der Waals surface area contributed by atoms with Gasteiger partial charge in [-0.1, -0.05) is 6.92 Å². The first kappa shape index (κ1) is 12.5. The van der Waals surface area contributed by atoms with Gasteiger partial charge in [0.1, 0.15) is 0 Å². The van der Waals surface area contributed by atoms with Gasteiger partial charge in [-0.3, -0.25) is 4.79 Å². The molecule has 0 aliphatic carbocycles. The highest BCUT2D eigenvalue weighted by Gasteiger charge is 2.21. The molecule has 4 N–H and O–H groups in total. The summed E-state index contributed by atoms with van der Waals surface area (Å²) in [5.74, 6) is -1.62. The molecule has 1 aromatic rings. The van der Waals surface area contributed by atoms with Crippen LogP contribution < -0.4 is 11.5 Å². The molecule has 0 spiro atoms. The lowest BCUT2D eigenvalue weighted by Gasteiger charge is -2.08. The number of hydrogen-bond acceptors (Lipinski definition) is 4. The van der Waals surface area contributed by atoms with Crippen LogP contribution in [0.15, 0.2) is 29.2 Å². The molecular weight excluding hydrogens is 228 g/mol. The molecular formula is C10H14N2O3S. The molecule has 1 atom stereocenters. The summed E-state index contributed by atoms with van der Waals surface area (Å²) in [6, 6.07) is 5.83. The minimum absolute atomic E-state index is 0.148. The van der Waals surface area contributed by atoms with E-state index in [1.165, 1.54) is 31.2 Å². The fourth-order valence-electron chi connectivity index (χ4n) is 1.18. The van der Waals surface area contributed by atoms with E-state index in [-0.39, 0.29) is 10.6 Å². The van der Waals surface area contributed by atoms with Crippen molar-refractivity contribution in [1.82, 2.24) is 0 Å². The first-order chi connectivity index (χ1) is 7.33. The van der Waals surface area contributed by atoms with Crippen molar-refractivity contribution in [2.75, 3.05) is 11.5 Å². The molecule has 1 unspecified atom stereocenters. The molecule has 0 aliphatic heterocycles. The summed E-state index contributed by atoms with van der Waals surface area (Å²) in [6.07, 6.45) is 0. The molecule has 0 aromatic heterocycles. The first-order valence-electron chi connectivity index (χ1n) is 4.70. The second-order valence-corrected chi connectivity index (χ2v) is 5.69. The highest BCUT2D eigenvalue weighted by Crippen LogP contribution is 2.15. The lowest BCUT2D eigenvalue weighted by Crippen LogP contribution is -2.27. The maximum atomic E-state index is 11.8. The van der Waals surface area contributed by atoms with Crippen LogP contribution in [0.3, 0.4) is 0 Å². The highest BCUT2D eigenvalue weighted by atomic mass is 32.2. The van der Waals surface area contributed by atoms with Crippen LogP contribution in [-0.4, -0.2) is 20.1 Å². The van der Waals surface area contributed by atoms with E-state index in [1.807, 2.05) is 0 Å². The molecule has 6 heteroatoms. The quantitative estimate of drug-likeness (QED) is 0.734. The van der Waals surface area contributed by atoms with Crippen molar-refractivity contribution in [3.63, 3.8) is 0 Å². The summed E-state index contributed by atoms with van der Waals surface area (Å²) < 4.78 is 23.6. The number of benzene rings is 1. The number of carbonyl (C=O) groups is 1. The Kier molecular flexibility index (Phi) is 3.54. The van der Waals surface area contributed by atoms with Crippen molar-refractivity contribution in [1.29, 1.82) is 0 Å². The van der Waals surface area contributed by atoms with E-state index in [0.717, 1.165) is 0 Å². The van der Waals surface area contributed by atoms with E-state index in [0.29, 0.717) is 5.69 Å². The van der Waals surface area contributed by atoms with Gasteiger partial charge in [0, 0.05) is 11.6 Å². The molecule has 5 nitrogen and oxygen atoms in total. The molecule has 88 valence electrons. The van der Waals surface area contributed by atoms with Crippen LogP contribution in [0.1, 0.15) is 6.92 Å². The number of nitrogen functional groups attached to an aromatic ring is 1. The molecule has 0 heterocycles. The number of rotatable bonds is 4. The molecule has 0 bridgehead atoms. The van der Waals surface area contributed by atoms with E-state index in [2.05, 4.69) is 0 Å². The first-order valence-corrected chi connectivity index (χ1v) is 6.36. The monoisotopic (exact) mass is 242 g/mol. The standard InChI is InChI=1S/C10H14N2O3S/c1-7(10(12)13)6-16(14,15)9-4-2-8(11)3-5-9/h2-5,7H,6,11H2,1H3,(H2,12,13). The number of anilines is 1. The zero-order valence-corrected chi connectivity index (χ0v) is 9.70. The lowest BCUT2D eigenvalue weighted by molar-refractivity contribution is -0.120. The van der Waals surface area contributed by atoms with Crippen LogP contribution in [0.4, 0.5) is 5.69 Å². The molecule has 0 fully saturated rings. The Morgan fingerprint density at radius 3 is 2.25 bits per heavy atom. The summed E-state index contributed by atoms with van der Waals surface area (Å²) >= 11 is 0. The van der Waals surface area contributed by atoms with Crippen molar-refractivity contribution >= 4 is 21.4 Å². The molecule has 1 rings (SSSR count). The Morgan fingerprint density at radius 1 is 1.31 bits per heavy atom. The second-order valence-electron chi connectivity index (χ2n) is 3.65. The Bertz CT molecular complexity index is 479. The minimum atomic E-state index is -3.48. The van der Waals surface area contributed by atoms with Gasteiger partial charge in [-0.05, 0) is 24.3 Å². The zero-order chi connectivity index (χ0) is 12.3. The van der Waals surface area contributed by atoms with Crippen LogP contribution in [0.5, 0.6) is 0 Å². The Balaban J connectivity index is 2.94. The average Bonchev–Trinajstić information content (AvgIpc) is 2.17. The van der Waals surface area contributed by atoms with E-state index in [9.17, 15) is 13.2 Å². The third kappa shape index (κ3) is 2.96. The van der Waals surface area contributed by atoms with E-state index < -0.39 is 21.7 Å². The Labute approximate surface area is 94.4 Å². The van der Waals surface area contributed by atoms with E-state index >= 15 is 0 Å². The summed E-state index contributed by atoms with van der Waals surface area (Å²) in [5, 5.41) is 0. The van der Waals surface area contributed by atoms with E-state index in [1.54, 1.807) is 0 Å². The average molecular weight is 242 g/mol. The van der Waals surface area contributed by atoms with Gasteiger partial charge in [0.25, 0.3) is 0 Å². The smallest absolute Gasteiger partial charge is 0.221 e. The lowest BCUT2D eigenvalue weighted by atomic mass is 10.2. The topological polar surface area (TPSA) is 103 Å². The van der Waals surface area contributed by atoms with E-state index in [4.69, 9.17) is 11.5 Å². The van der Waals surface area contributed by atoms with Gasteiger partial charge < -0.3 is 11.5 Å². The SMILES string of the molecule is CC(CS(=O)(=O)c1ccc(N)cc1)C(N)=O. The van der Waals surface area contributed by atoms with Gasteiger partial charge >= 0.3 is 0 Å². The van der Waals surface area contributed by atoms with Gasteiger partial charge in [0.05, 0.1) is 10.6 Å². The number of hydrogen-bond donors (Lipinski definition) is 2. The summed E-state index contributed by atoms with van der Waals surface area (Å²) in [4.78, 5) is 10.9. The Hall–Kier alpha value is -1.56. The highest BCUT2D eigenvalue weighted by molar-refractivity contribution is 7.91. The van der Waals surface area contributed by atoms with Crippen LogP contribution in [0.25, 0.3) is 0 Å². The largest absolute Gasteiger partial charge is 0.399 e. The van der Waals surface area contributed by atoms with Crippen molar-refractivity contribution in [3.05, 3.63) is 24.3 Å². The normalized spacial score (nSPS) is 13.3. The van der Waals surface area contributed by atoms with Crippen molar-refractivity contribution in [3.8, 4) is 0 Å². The fourth-order valence-corrected chi connectivity index (χ4v) is 2.75. The molecule has 0 saturated carbocycles. The van der Waals surface area contributed by atoms with Crippen LogP contribution in [0, 0.1) is 5.92 Å². The number of sulfone groups is 1. The molecule has 16 heavy (non-hydrogen) atoms. The molecule has 0 aliphatic rings. The maximum Gasteiger partial charge on any atom is 0.221 e. The Morgan fingerprint density at radius 2 is 1.81 bits per heavy atom. The van der Waals surface area contributed by atoms with Gasteiger partial charge in [-0.25, -0.2) is 8.42 Å². The minimum Gasteiger partial charge on any atom is -0.399 e. The van der Waals surface area contributed by atoms with Gasteiger partial charge in [-0.2, -0.15) is 0 Å². The molecule has 0 saturated heterocycles. The molecule has 0 radical (unpaired) electrons. The summed E-state index contributed by atoms with van der Waals surface area (Å²) in [6.45, 7) is 1.48. The van der Waals surface area contributed by atoms with Crippen molar-refractivity contribution in [2.45, 2.75) is 11.8 Å². The number of amides is 1. The maximum absolute atomic E-state index is 11.8. The number of carbonyl (C=O) groups excluding carboxylic acids is 1. The van der Waals surface area contributed by atoms with Crippen molar-refractivity contribution in [2.24, 2.45) is 11.7 Å². The number of primary amides is 1. The van der Waals surface area contributed by atoms with Crippen LogP contribution in [0.2, 0.25) is 0 Å². The second kappa shape index (κ2) is 4.52. The third-order valence-electron chi connectivity index (χ3n) is 2.19. The number of nitrogens with two attached hydrogens (primary N) is 2. The summed E-state index contributed by atoms with van der Waals surface area (Å²) in [7, 11) is -3.48.